The number of H-pyrrole nitrogens is 1. The summed E-state index contributed by atoms with van der Waals surface area (Å²) >= 11 is 0. The highest BCUT2D eigenvalue weighted by atomic mass is 35.5. The SMILES string of the molecule is Cl.Cl.Cl.N[C@H]1CC[C@H](Nc2nc3ncnc-3c(NCCNCc3ccccc3)[nH]2)CC1. The number of aromatic amines is 1. The fourth-order valence-corrected chi connectivity index (χ4v) is 3.59. The van der Waals surface area contributed by atoms with Crippen molar-refractivity contribution in [3.63, 3.8) is 0 Å². The number of aromatic nitrogens is 4. The van der Waals surface area contributed by atoms with Gasteiger partial charge in [-0.1, -0.05) is 30.3 Å². The molecule has 0 saturated heterocycles. The first-order valence-electron chi connectivity index (χ1n) is 9.99. The van der Waals surface area contributed by atoms with Crippen LogP contribution in [0, 0.1) is 0 Å². The van der Waals surface area contributed by atoms with Crippen molar-refractivity contribution in [1.29, 1.82) is 0 Å². The van der Waals surface area contributed by atoms with Gasteiger partial charge in [-0.2, -0.15) is 4.98 Å². The number of halogens is 3. The largest absolute Gasteiger partial charge is 0.368 e. The van der Waals surface area contributed by atoms with Crippen molar-refractivity contribution in [2.45, 2.75) is 44.3 Å². The van der Waals surface area contributed by atoms with E-state index in [2.05, 4.69) is 60.2 Å². The molecule has 0 radical (unpaired) electrons. The van der Waals surface area contributed by atoms with Gasteiger partial charge in [-0.05, 0) is 31.2 Å². The van der Waals surface area contributed by atoms with Crippen LogP contribution >= 0.6 is 37.2 Å². The third-order valence-corrected chi connectivity index (χ3v) is 5.16. The van der Waals surface area contributed by atoms with Gasteiger partial charge in [-0.25, -0.2) is 9.97 Å². The van der Waals surface area contributed by atoms with E-state index in [1.807, 2.05) is 6.07 Å². The molecule has 4 rings (SSSR count). The lowest BCUT2D eigenvalue weighted by atomic mass is 9.92. The molecule has 2 aliphatic heterocycles. The summed E-state index contributed by atoms with van der Waals surface area (Å²) in [4.78, 5) is 16.5. The first kappa shape index (κ1) is 27.2. The molecule has 11 heteroatoms. The molecular formula is C20H31Cl3N8. The van der Waals surface area contributed by atoms with Crippen LogP contribution in [0.25, 0.3) is 11.5 Å². The van der Waals surface area contributed by atoms with E-state index in [0.717, 1.165) is 62.8 Å². The zero-order valence-electron chi connectivity index (χ0n) is 17.2. The molecule has 1 aromatic carbocycles. The Balaban J connectivity index is 0.00000160. The van der Waals surface area contributed by atoms with Crippen LogP contribution in [0.1, 0.15) is 31.2 Å². The van der Waals surface area contributed by atoms with Gasteiger partial charge in [0.15, 0.2) is 5.82 Å². The van der Waals surface area contributed by atoms with Crippen LogP contribution in [-0.2, 0) is 6.54 Å². The Kier molecular flexibility index (Phi) is 11.9. The molecule has 1 aliphatic carbocycles. The van der Waals surface area contributed by atoms with Crippen LogP contribution in [0.5, 0.6) is 0 Å². The van der Waals surface area contributed by atoms with Crippen molar-refractivity contribution in [2.75, 3.05) is 23.7 Å². The Labute approximate surface area is 201 Å². The monoisotopic (exact) mass is 488 g/mol. The van der Waals surface area contributed by atoms with E-state index in [0.29, 0.717) is 17.9 Å². The number of benzene rings is 1. The summed E-state index contributed by atoms with van der Waals surface area (Å²) in [5, 5.41) is 10.4. The van der Waals surface area contributed by atoms with E-state index < -0.39 is 0 Å². The quantitative estimate of drug-likeness (QED) is 0.308. The maximum atomic E-state index is 6.01. The van der Waals surface area contributed by atoms with Crippen LogP contribution in [0.15, 0.2) is 36.7 Å². The van der Waals surface area contributed by atoms with Gasteiger partial charge < -0.3 is 26.7 Å². The number of imidazole rings is 1. The third kappa shape index (κ3) is 7.66. The molecule has 6 N–H and O–H groups in total. The molecule has 3 aliphatic rings. The predicted molar refractivity (Wildman–Crippen MR) is 133 cm³/mol. The van der Waals surface area contributed by atoms with Gasteiger partial charge in [-0.3, -0.25) is 0 Å². The average molecular weight is 490 g/mol. The predicted octanol–water partition coefficient (Wildman–Crippen LogP) is 3.45. The number of rotatable bonds is 8. The minimum Gasteiger partial charge on any atom is -0.368 e. The zero-order valence-corrected chi connectivity index (χ0v) is 19.7. The van der Waals surface area contributed by atoms with Crippen molar-refractivity contribution in [3.8, 4) is 11.5 Å². The van der Waals surface area contributed by atoms with Gasteiger partial charge in [0.1, 0.15) is 17.8 Å². The maximum Gasteiger partial charge on any atom is 0.204 e. The minimum absolute atomic E-state index is 0. The highest BCUT2D eigenvalue weighted by Gasteiger charge is 2.21. The maximum absolute atomic E-state index is 6.01. The first-order valence-corrected chi connectivity index (χ1v) is 9.99. The van der Waals surface area contributed by atoms with Crippen LogP contribution in [0.2, 0.25) is 0 Å². The molecule has 0 spiro atoms. The number of fused-ring (bicyclic) bond motifs is 1. The van der Waals surface area contributed by atoms with Gasteiger partial charge >= 0.3 is 0 Å². The zero-order chi connectivity index (χ0) is 19.2. The molecule has 0 amide bonds. The average Bonchev–Trinajstić information content (AvgIpc) is 3.19. The fourth-order valence-electron chi connectivity index (χ4n) is 3.59. The summed E-state index contributed by atoms with van der Waals surface area (Å²) < 4.78 is 0. The first-order chi connectivity index (χ1) is 13.8. The highest BCUT2D eigenvalue weighted by Crippen LogP contribution is 2.26. The second-order valence-corrected chi connectivity index (χ2v) is 7.35. The molecule has 8 nitrogen and oxygen atoms in total. The van der Waals surface area contributed by atoms with Crippen LogP contribution < -0.4 is 21.7 Å². The molecule has 0 bridgehead atoms. The molecular weight excluding hydrogens is 459 g/mol. The standard InChI is InChI=1S/C20H28N8.3ClH/c21-15-6-8-16(9-7-15)26-20-27-18(17-19(28-20)25-13-24-17)23-11-10-22-12-14-4-2-1-3-5-14;;;/h1-5,13,15-16,22H,6-12,21H2,(H3,23,24,25,26,27,28);3*1H/t15-,16-;;;. The van der Waals surface area contributed by atoms with Crippen molar-refractivity contribution >= 4 is 49.0 Å². The summed E-state index contributed by atoms with van der Waals surface area (Å²) in [6, 6.07) is 11.1. The van der Waals surface area contributed by atoms with Crippen molar-refractivity contribution < 1.29 is 0 Å². The summed E-state index contributed by atoms with van der Waals surface area (Å²) in [6.07, 6.45) is 5.78. The second kappa shape index (κ2) is 13.5. The smallest absolute Gasteiger partial charge is 0.204 e. The molecule has 1 saturated carbocycles. The Hall–Kier alpha value is -1.84. The Bertz CT molecular complexity index is 840. The van der Waals surface area contributed by atoms with E-state index in [4.69, 9.17) is 5.73 Å². The number of nitrogens with two attached hydrogens (primary N) is 1. The molecule has 1 aromatic rings. The number of hydrogen-bond acceptors (Lipinski definition) is 7. The lowest BCUT2D eigenvalue weighted by molar-refractivity contribution is 0.410. The van der Waals surface area contributed by atoms with E-state index in [-0.39, 0.29) is 37.2 Å². The molecule has 2 heterocycles. The summed E-state index contributed by atoms with van der Waals surface area (Å²) in [6.45, 7) is 2.46. The Morgan fingerprint density at radius 2 is 1.71 bits per heavy atom. The molecule has 31 heavy (non-hydrogen) atoms. The normalized spacial score (nSPS) is 17.7. The van der Waals surface area contributed by atoms with Crippen LogP contribution in [0.3, 0.4) is 0 Å². The fraction of sp³-hybridized carbons (Fsp3) is 0.450. The van der Waals surface area contributed by atoms with E-state index in [1.165, 1.54) is 5.56 Å². The van der Waals surface area contributed by atoms with Crippen molar-refractivity contribution in [3.05, 3.63) is 42.2 Å². The molecule has 1 fully saturated rings. The van der Waals surface area contributed by atoms with Gasteiger partial charge in [0.2, 0.25) is 5.95 Å². The lowest BCUT2D eigenvalue weighted by Gasteiger charge is -2.27. The van der Waals surface area contributed by atoms with E-state index in [9.17, 15) is 0 Å². The number of hydrogen-bond donors (Lipinski definition) is 5. The molecule has 172 valence electrons. The highest BCUT2D eigenvalue weighted by molar-refractivity contribution is 5.86. The number of anilines is 2. The number of nitrogens with zero attached hydrogens (tertiary/aromatic N) is 3. The van der Waals surface area contributed by atoms with E-state index in [1.54, 1.807) is 6.33 Å². The summed E-state index contributed by atoms with van der Waals surface area (Å²) in [7, 11) is 0. The van der Waals surface area contributed by atoms with Gasteiger partial charge in [0.05, 0.1) is 0 Å². The molecule has 0 atom stereocenters. The second-order valence-electron chi connectivity index (χ2n) is 7.35. The third-order valence-electron chi connectivity index (χ3n) is 5.16. The van der Waals surface area contributed by atoms with Crippen molar-refractivity contribution in [1.82, 2.24) is 25.3 Å². The van der Waals surface area contributed by atoms with E-state index >= 15 is 0 Å². The van der Waals surface area contributed by atoms with Crippen molar-refractivity contribution in [2.24, 2.45) is 5.73 Å². The topological polar surface area (TPSA) is 117 Å². The lowest BCUT2D eigenvalue weighted by Crippen LogP contribution is -2.33. The van der Waals surface area contributed by atoms with Gasteiger partial charge in [0.25, 0.3) is 0 Å². The Morgan fingerprint density at radius 1 is 0.968 bits per heavy atom. The van der Waals surface area contributed by atoms with Crippen LogP contribution in [0.4, 0.5) is 11.8 Å². The molecule has 0 unspecified atom stereocenters. The summed E-state index contributed by atoms with van der Waals surface area (Å²) in [5.41, 5.74) is 8.05. The number of nitrogens with one attached hydrogen (secondary N) is 4. The Morgan fingerprint density at radius 3 is 2.45 bits per heavy atom. The van der Waals surface area contributed by atoms with Crippen LogP contribution in [-0.4, -0.2) is 45.1 Å². The molecule has 0 aromatic heterocycles. The van der Waals surface area contributed by atoms with Gasteiger partial charge in [-0.15, -0.1) is 37.2 Å². The summed E-state index contributed by atoms with van der Waals surface area (Å²) in [5.74, 6) is 2.22. The minimum atomic E-state index is 0. The van der Waals surface area contributed by atoms with Gasteiger partial charge in [0, 0.05) is 31.7 Å².